The smallest absolute Gasteiger partial charge is 0.330 e. The number of carbonyl (C=O) groups excluding carboxylic acids is 1. The lowest BCUT2D eigenvalue weighted by atomic mass is 10.2. The van der Waals surface area contributed by atoms with Crippen LogP contribution in [0.4, 0.5) is 0 Å². The fraction of sp³-hybridized carbons (Fsp3) is 0.700. The van der Waals surface area contributed by atoms with Crippen molar-refractivity contribution in [2.24, 2.45) is 0 Å². The van der Waals surface area contributed by atoms with Crippen molar-refractivity contribution in [2.75, 3.05) is 0 Å². The van der Waals surface area contributed by atoms with Crippen LogP contribution < -0.4 is 0 Å². The van der Waals surface area contributed by atoms with E-state index >= 15 is 0 Å². The van der Waals surface area contributed by atoms with Crippen molar-refractivity contribution in [3.05, 3.63) is 12.7 Å². The monoisotopic (exact) mass is 234 g/mol. The van der Waals surface area contributed by atoms with Crippen molar-refractivity contribution in [3.63, 3.8) is 0 Å². The summed E-state index contributed by atoms with van der Waals surface area (Å²) in [5, 5.41) is 0. The summed E-state index contributed by atoms with van der Waals surface area (Å²) in [7, 11) is -1.46. The van der Waals surface area contributed by atoms with Crippen LogP contribution in [-0.2, 0) is 9.53 Å². The Morgan fingerprint density at radius 2 is 2.21 bits per heavy atom. The van der Waals surface area contributed by atoms with Crippen LogP contribution in [0.25, 0.3) is 0 Å². The molecule has 82 valence electrons. The van der Waals surface area contributed by atoms with Crippen LogP contribution in [0.15, 0.2) is 12.7 Å². The fourth-order valence-electron chi connectivity index (χ4n) is 1.12. The SMILES string of the molecule is C=CC(=O)OC(C)CCC[Si](C)(C)Cl. The van der Waals surface area contributed by atoms with Gasteiger partial charge in [-0.15, -0.1) is 0 Å². The number of hydrogen-bond donors (Lipinski definition) is 0. The fourth-order valence-corrected chi connectivity index (χ4v) is 2.56. The summed E-state index contributed by atoms with van der Waals surface area (Å²) in [6.45, 7) is 9.48. The Kier molecular flexibility index (Phi) is 6.12. The van der Waals surface area contributed by atoms with Crippen LogP contribution in [0.2, 0.25) is 19.1 Å². The zero-order valence-electron chi connectivity index (χ0n) is 9.18. The van der Waals surface area contributed by atoms with Crippen LogP contribution in [0.3, 0.4) is 0 Å². The maximum Gasteiger partial charge on any atom is 0.330 e. The highest BCUT2D eigenvalue weighted by atomic mass is 35.6. The van der Waals surface area contributed by atoms with E-state index < -0.39 is 7.38 Å². The van der Waals surface area contributed by atoms with E-state index in [9.17, 15) is 4.79 Å². The standard InChI is InChI=1S/C10H19ClO2Si/c1-5-10(12)13-9(2)7-6-8-14(3,4)11/h5,9H,1,6-8H2,2-4H3. The largest absolute Gasteiger partial charge is 0.460 e. The van der Waals surface area contributed by atoms with Gasteiger partial charge in [0.2, 0.25) is 0 Å². The number of rotatable bonds is 6. The second kappa shape index (κ2) is 6.25. The quantitative estimate of drug-likeness (QED) is 0.305. The van der Waals surface area contributed by atoms with E-state index in [2.05, 4.69) is 19.7 Å². The average Bonchev–Trinajstić information content (AvgIpc) is 2.01. The van der Waals surface area contributed by atoms with Gasteiger partial charge >= 0.3 is 5.97 Å². The molecule has 1 unspecified atom stereocenters. The summed E-state index contributed by atoms with van der Waals surface area (Å²) < 4.78 is 5.03. The first-order chi connectivity index (χ1) is 6.35. The number of esters is 1. The lowest BCUT2D eigenvalue weighted by molar-refractivity contribution is -0.142. The minimum absolute atomic E-state index is 0.0338. The molecule has 0 aromatic carbocycles. The average molecular weight is 235 g/mol. The third-order valence-electron chi connectivity index (χ3n) is 1.87. The molecule has 0 heterocycles. The van der Waals surface area contributed by atoms with E-state index in [4.69, 9.17) is 15.8 Å². The van der Waals surface area contributed by atoms with Crippen molar-refractivity contribution in [2.45, 2.75) is 45.0 Å². The minimum atomic E-state index is -1.46. The molecule has 0 aromatic rings. The van der Waals surface area contributed by atoms with Gasteiger partial charge < -0.3 is 4.74 Å². The van der Waals surface area contributed by atoms with Gasteiger partial charge in [0.1, 0.15) is 7.38 Å². The second-order valence-electron chi connectivity index (χ2n) is 4.06. The third-order valence-corrected chi connectivity index (χ3v) is 3.98. The van der Waals surface area contributed by atoms with Gasteiger partial charge in [0, 0.05) is 6.08 Å². The van der Waals surface area contributed by atoms with Gasteiger partial charge in [-0.05, 0) is 19.4 Å². The van der Waals surface area contributed by atoms with Gasteiger partial charge in [0.25, 0.3) is 0 Å². The van der Waals surface area contributed by atoms with Gasteiger partial charge in [0.05, 0.1) is 6.10 Å². The summed E-state index contributed by atoms with van der Waals surface area (Å²) in [6.07, 6.45) is 3.06. The van der Waals surface area contributed by atoms with Gasteiger partial charge in [-0.1, -0.05) is 26.1 Å². The molecule has 0 radical (unpaired) electrons. The lowest BCUT2D eigenvalue weighted by Crippen LogP contribution is -2.18. The maximum absolute atomic E-state index is 10.8. The number of hydrogen-bond acceptors (Lipinski definition) is 2. The summed E-state index contributed by atoms with van der Waals surface area (Å²) in [6, 6.07) is 1.06. The molecule has 14 heavy (non-hydrogen) atoms. The molecule has 0 aromatic heterocycles. The molecule has 0 aliphatic heterocycles. The van der Waals surface area contributed by atoms with Gasteiger partial charge in [-0.25, -0.2) is 4.79 Å². The number of halogens is 1. The Morgan fingerprint density at radius 3 is 2.64 bits per heavy atom. The summed E-state index contributed by atoms with van der Waals surface area (Å²) in [5.74, 6) is -0.347. The first kappa shape index (κ1) is 13.7. The van der Waals surface area contributed by atoms with E-state index in [1.165, 1.54) is 6.08 Å². The van der Waals surface area contributed by atoms with E-state index in [1.807, 2.05) is 6.92 Å². The Labute approximate surface area is 92.0 Å². The molecule has 0 aliphatic rings. The highest BCUT2D eigenvalue weighted by Crippen LogP contribution is 2.18. The van der Waals surface area contributed by atoms with Crippen LogP contribution in [0, 0.1) is 0 Å². The minimum Gasteiger partial charge on any atom is -0.460 e. The molecule has 0 saturated carbocycles. The molecule has 0 saturated heterocycles. The molecule has 0 N–H and O–H groups in total. The molecule has 0 fully saturated rings. The van der Waals surface area contributed by atoms with Crippen molar-refractivity contribution in [3.8, 4) is 0 Å². The molecular weight excluding hydrogens is 216 g/mol. The maximum atomic E-state index is 10.8. The van der Waals surface area contributed by atoms with E-state index in [0.717, 1.165) is 18.9 Å². The van der Waals surface area contributed by atoms with E-state index in [-0.39, 0.29) is 12.1 Å². The molecule has 1 atom stereocenters. The first-order valence-corrected chi connectivity index (χ1v) is 9.09. The molecule has 0 bridgehead atoms. The first-order valence-electron chi connectivity index (χ1n) is 4.87. The zero-order chi connectivity index (χ0) is 11.2. The number of carbonyl (C=O) groups is 1. The van der Waals surface area contributed by atoms with E-state index in [0.29, 0.717) is 0 Å². The highest BCUT2D eigenvalue weighted by molar-refractivity contribution is 7.19. The van der Waals surface area contributed by atoms with E-state index in [1.54, 1.807) is 0 Å². The molecule has 0 spiro atoms. The highest BCUT2D eigenvalue weighted by Gasteiger charge is 2.17. The van der Waals surface area contributed by atoms with Gasteiger partial charge in [-0.3, -0.25) is 0 Å². The van der Waals surface area contributed by atoms with Crippen molar-refractivity contribution < 1.29 is 9.53 Å². The Bertz CT molecular complexity index is 199. The predicted octanol–water partition coefficient (Wildman–Crippen LogP) is 3.33. The summed E-state index contributed by atoms with van der Waals surface area (Å²) >= 11 is 6.16. The van der Waals surface area contributed by atoms with Crippen molar-refractivity contribution in [1.82, 2.24) is 0 Å². The molecule has 2 nitrogen and oxygen atoms in total. The Hall–Kier alpha value is -0.283. The predicted molar refractivity (Wildman–Crippen MR) is 63.1 cm³/mol. The van der Waals surface area contributed by atoms with Crippen molar-refractivity contribution in [1.29, 1.82) is 0 Å². The van der Waals surface area contributed by atoms with Crippen molar-refractivity contribution >= 4 is 24.4 Å². The van der Waals surface area contributed by atoms with Crippen LogP contribution in [0.1, 0.15) is 19.8 Å². The topological polar surface area (TPSA) is 26.3 Å². The lowest BCUT2D eigenvalue weighted by Gasteiger charge is -2.15. The number of ether oxygens (including phenoxy) is 1. The zero-order valence-corrected chi connectivity index (χ0v) is 10.9. The molecule has 0 rings (SSSR count). The second-order valence-corrected chi connectivity index (χ2v) is 11.1. The van der Waals surface area contributed by atoms with Crippen LogP contribution in [0.5, 0.6) is 0 Å². The molecular formula is C10H19ClO2Si. The summed E-state index contributed by atoms with van der Waals surface area (Å²) in [4.78, 5) is 10.8. The molecule has 0 aliphatic carbocycles. The van der Waals surface area contributed by atoms with Gasteiger partial charge in [0.15, 0.2) is 0 Å². The Balaban J connectivity index is 3.59. The Morgan fingerprint density at radius 1 is 1.64 bits per heavy atom. The molecule has 4 heteroatoms. The van der Waals surface area contributed by atoms with Crippen LogP contribution >= 0.6 is 11.1 Å². The third kappa shape index (κ3) is 8.32. The van der Waals surface area contributed by atoms with Gasteiger partial charge in [-0.2, -0.15) is 11.1 Å². The van der Waals surface area contributed by atoms with Crippen LogP contribution in [-0.4, -0.2) is 19.5 Å². The molecule has 0 amide bonds. The summed E-state index contributed by atoms with van der Waals surface area (Å²) in [5.41, 5.74) is 0. The normalized spacial score (nSPS) is 13.4.